The molecule has 6 N–H and O–H groups in total. The van der Waals surface area contributed by atoms with Crippen molar-refractivity contribution in [2.75, 3.05) is 0 Å². The Kier molecular flexibility index (Phi) is 677. The second-order valence-electron chi connectivity index (χ2n) is 0.149. The van der Waals surface area contributed by atoms with E-state index in [1.165, 1.54) is 0 Å². The summed E-state index contributed by atoms with van der Waals surface area (Å²) in [6, 6.07) is 0. The van der Waals surface area contributed by atoms with Crippen LogP contribution in [0, 0.1) is 9.81 Å². The maximum Gasteiger partial charge on any atom is 2.00 e. The van der Waals surface area contributed by atoms with E-state index in [9.17, 15) is 0 Å². The van der Waals surface area contributed by atoms with Crippen molar-refractivity contribution in [2.24, 2.45) is 10.7 Å². The molecule has 0 atom stereocenters. The maximum atomic E-state index is 8.00. The Bertz CT molecular complexity index is 33.5. The van der Waals surface area contributed by atoms with Gasteiger partial charge in [0.15, 0.2) is 0 Å². The minimum Gasteiger partial charge on any atom is -0.344 e. The number of rotatable bonds is 0. The summed E-state index contributed by atoms with van der Waals surface area (Å²) in [7, 11) is 0. The van der Waals surface area contributed by atoms with Crippen LogP contribution in [0.2, 0.25) is 0 Å². The Labute approximate surface area is 64.9 Å². The molecule has 0 bridgehead atoms. The third kappa shape index (κ3) is 619. The molecule has 0 aromatic carbocycles. The number of hydrogen-bond acceptors (Lipinski definition) is 6. The Morgan fingerprint density at radius 2 is 0.778 bits per heavy atom. The van der Waals surface area contributed by atoms with Crippen LogP contribution in [0.25, 0.3) is 0 Å². The standard InChI is InChI=1S/2NO2.2H3N.Pt/c2*2-1-3;;;/h;;2*1H3;/q;;;;+2. The van der Waals surface area contributed by atoms with Crippen molar-refractivity contribution in [3.05, 3.63) is 9.81 Å². The second kappa shape index (κ2) is 153. The Morgan fingerprint density at radius 1 is 0.778 bits per heavy atom. The molecule has 0 rings (SSSR count). The summed E-state index contributed by atoms with van der Waals surface area (Å²) in [5, 5.41) is 18.0. The van der Waals surface area contributed by atoms with Crippen LogP contribution >= 0.6 is 0 Å². The Hall–Kier alpha value is -0.592. The SMILES string of the molecule is N.N.[O]N=O.[O]N=O.[Pt+2]. The van der Waals surface area contributed by atoms with Crippen LogP contribution in [0.3, 0.4) is 0 Å². The fourth-order valence-electron chi connectivity index (χ4n) is 0. The van der Waals surface area contributed by atoms with E-state index in [1.807, 2.05) is 0 Å². The molecule has 0 aromatic rings. The third-order valence-corrected chi connectivity index (χ3v) is 0. The van der Waals surface area contributed by atoms with Gasteiger partial charge >= 0.3 is 21.1 Å². The quantitative estimate of drug-likeness (QED) is 0.490. The summed E-state index contributed by atoms with van der Waals surface area (Å²) in [4.78, 5) is 16.0. The zero-order valence-corrected chi connectivity index (χ0v) is 6.53. The van der Waals surface area contributed by atoms with E-state index < -0.39 is 0 Å². The summed E-state index contributed by atoms with van der Waals surface area (Å²) in [6.07, 6.45) is 0. The van der Waals surface area contributed by atoms with Gasteiger partial charge in [0, 0.05) is 0 Å². The summed E-state index contributed by atoms with van der Waals surface area (Å²) in [5.41, 5.74) is 0. The smallest absolute Gasteiger partial charge is 0.344 e. The van der Waals surface area contributed by atoms with Gasteiger partial charge in [-0.15, -0.1) is 20.2 Å². The predicted octanol–water partition coefficient (Wildman–Crippen LogP) is 0.518. The molecule has 0 amide bonds. The molecular weight excluding hydrogens is 315 g/mol. The predicted molar refractivity (Wildman–Crippen MR) is 23.0 cm³/mol. The molecule has 0 aliphatic rings. The van der Waals surface area contributed by atoms with Crippen LogP contribution in [0.4, 0.5) is 0 Å². The minimum atomic E-state index is 0. The minimum absolute atomic E-state index is 0. The van der Waals surface area contributed by atoms with E-state index in [-0.39, 0.29) is 33.4 Å². The van der Waals surface area contributed by atoms with Crippen LogP contribution < -0.4 is 12.3 Å². The van der Waals surface area contributed by atoms with Gasteiger partial charge in [-0.05, 0) is 0 Å². The molecule has 9 heavy (non-hydrogen) atoms. The molecule has 0 heterocycles. The summed E-state index contributed by atoms with van der Waals surface area (Å²) >= 11 is 0. The molecule has 0 saturated heterocycles. The van der Waals surface area contributed by atoms with E-state index in [1.54, 1.807) is 0 Å². The molecule has 0 unspecified atom stereocenters. The maximum absolute atomic E-state index is 8.00. The summed E-state index contributed by atoms with van der Waals surface area (Å²) in [5.74, 6) is 0. The average Bonchev–Trinajstić information content (AvgIpc) is 1.39. The molecule has 2 radical (unpaired) electrons. The largest absolute Gasteiger partial charge is 2.00 e. The van der Waals surface area contributed by atoms with Gasteiger partial charge in [-0.3, -0.25) is 0 Å². The zero-order chi connectivity index (χ0) is 5.41. The first-order chi connectivity index (χ1) is 2.83. The molecule has 0 fully saturated rings. The van der Waals surface area contributed by atoms with Crippen LogP contribution in [0.15, 0.2) is 10.7 Å². The fourth-order valence-corrected chi connectivity index (χ4v) is 0. The molecule has 9 heteroatoms. The first-order valence-corrected chi connectivity index (χ1v) is 0.730. The fraction of sp³-hybridized carbons (Fsp3) is 0. The molecule has 0 aliphatic heterocycles. The van der Waals surface area contributed by atoms with Crippen molar-refractivity contribution in [2.45, 2.75) is 0 Å². The van der Waals surface area contributed by atoms with E-state index in [4.69, 9.17) is 20.2 Å². The molecule has 0 aliphatic carbocycles. The zero-order valence-electron chi connectivity index (χ0n) is 4.26. The second-order valence-corrected chi connectivity index (χ2v) is 0.149. The van der Waals surface area contributed by atoms with Crippen LogP contribution in [0.1, 0.15) is 0 Å². The van der Waals surface area contributed by atoms with Crippen molar-refractivity contribution >= 4 is 0 Å². The first kappa shape index (κ1) is 39.7. The molecular formula is H6N4O4Pt+2. The third-order valence-electron chi connectivity index (χ3n) is 0. The van der Waals surface area contributed by atoms with E-state index >= 15 is 0 Å². The summed E-state index contributed by atoms with van der Waals surface area (Å²) in [6.45, 7) is 0. The van der Waals surface area contributed by atoms with E-state index in [0.717, 1.165) is 10.7 Å². The normalized spacial score (nSPS) is 2.67. The van der Waals surface area contributed by atoms with Gasteiger partial charge in [-0.1, -0.05) is 0 Å². The molecule has 58 valence electrons. The van der Waals surface area contributed by atoms with E-state index in [2.05, 4.69) is 0 Å². The van der Waals surface area contributed by atoms with Crippen molar-refractivity contribution in [1.29, 1.82) is 0 Å². The Balaban J connectivity index is -0.00000000889. The van der Waals surface area contributed by atoms with Gasteiger partial charge in [0.25, 0.3) is 0 Å². The van der Waals surface area contributed by atoms with Crippen molar-refractivity contribution in [3.63, 3.8) is 0 Å². The van der Waals surface area contributed by atoms with E-state index in [0.29, 0.717) is 0 Å². The Morgan fingerprint density at radius 3 is 0.778 bits per heavy atom. The van der Waals surface area contributed by atoms with Gasteiger partial charge in [-0.2, -0.15) is 0 Å². The monoisotopic (exact) mass is 321 g/mol. The van der Waals surface area contributed by atoms with Gasteiger partial charge in [0.1, 0.15) is 0 Å². The van der Waals surface area contributed by atoms with Crippen molar-refractivity contribution < 1.29 is 31.5 Å². The molecule has 0 aromatic heterocycles. The van der Waals surface area contributed by atoms with Gasteiger partial charge < -0.3 is 12.3 Å². The topological polar surface area (TPSA) is 169 Å². The molecule has 0 saturated carbocycles. The van der Waals surface area contributed by atoms with Crippen molar-refractivity contribution in [3.8, 4) is 0 Å². The van der Waals surface area contributed by atoms with Crippen molar-refractivity contribution in [1.82, 2.24) is 12.3 Å². The van der Waals surface area contributed by atoms with Gasteiger partial charge in [0.2, 0.25) is 10.7 Å². The number of hydrogen-bond donors (Lipinski definition) is 2. The first-order valence-electron chi connectivity index (χ1n) is 0.730. The van der Waals surface area contributed by atoms with Gasteiger partial charge in [0.05, 0.1) is 0 Å². The van der Waals surface area contributed by atoms with Crippen LogP contribution in [-0.4, -0.2) is 0 Å². The number of nitrogens with zero attached hydrogens (tertiary/aromatic N) is 2. The molecule has 8 nitrogen and oxygen atoms in total. The molecule has 0 spiro atoms. The summed E-state index contributed by atoms with van der Waals surface area (Å²) < 4.78 is 0. The van der Waals surface area contributed by atoms with Crippen LogP contribution in [-0.2, 0) is 31.5 Å². The van der Waals surface area contributed by atoms with Crippen LogP contribution in [0.5, 0.6) is 0 Å². The average molecular weight is 321 g/mol. The van der Waals surface area contributed by atoms with Gasteiger partial charge in [-0.25, -0.2) is 0 Å².